The van der Waals surface area contributed by atoms with Crippen LogP contribution in [-0.4, -0.2) is 40.3 Å². The normalized spacial score (nSPS) is 13.1. The maximum absolute atomic E-state index is 14.9. The van der Waals surface area contributed by atoms with Crippen molar-refractivity contribution in [2.45, 2.75) is 18.9 Å². The monoisotopic (exact) mass is 494 g/mol. The zero-order valence-corrected chi connectivity index (χ0v) is 20.0. The molecule has 0 atom stereocenters. The molecule has 1 aliphatic carbocycles. The van der Waals surface area contributed by atoms with Gasteiger partial charge in [0.2, 0.25) is 5.43 Å². The predicted molar refractivity (Wildman–Crippen MR) is 137 cm³/mol. The molecule has 8 nitrogen and oxygen atoms in total. The van der Waals surface area contributed by atoms with Crippen LogP contribution in [0.15, 0.2) is 71.2 Å². The Morgan fingerprint density at radius 2 is 1.97 bits per heavy atom. The lowest BCUT2D eigenvalue weighted by atomic mass is 10.1. The number of fused-ring (bicyclic) bond motifs is 1. The molecular formula is C25H24ClFN6O2. The first kappa shape index (κ1) is 24.2. The number of nitrogens with zero attached hydrogens (tertiary/aromatic N) is 5. The molecule has 0 bridgehead atoms. The van der Waals surface area contributed by atoms with Gasteiger partial charge >= 0.3 is 0 Å². The van der Waals surface area contributed by atoms with E-state index in [0.29, 0.717) is 11.2 Å². The molecule has 0 aliphatic heterocycles. The molecule has 2 aromatic heterocycles. The maximum atomic E-state index is 14.9. The number of hydrazone groups is 1. The summed E-state index contributed by atoms with van der Waals surface area (Å²) in [7, 11) is 3.90. The van der Waals surface area contributed by atoms with Crippen LogP contribution >= 0.6 is 12.4 Å². The van der Waals surface area contributed by atoms with E-state index in [1.54, 1.807) is 29.2 Å². The highest BCUT2D eigenvalue weighted by molar-refractivity contribution is 5.98. The van der Waals surface area contributed by atoms with Crippen molar-refractivity contribution in [3.8, 4) is 5.69 Å². The summed E-state index contributed by atoms with van der Waals surface area (Å²) in [6, 6.07) is 10.6. The van der Waals surface area contributed by atoms with Gasteiger partial charge in [0.15, 0.2) is 0 Å². The maximum Gasteiger partial charge on any atom is 0.276 e. The Hall–Kier alpha value is -3.98. The van der Waals surface area contributed by atoms with Gasteiger partial charge in [-0.05, 0) is 42.7 Å². The molecule has 2 heterocycles. The van der Waals surface area contributed by atoms with E-state index in [-0.39, 0.29) is 29.4 Å². The number of anilines is 1. The van der Waals surface area contributed by atoms with Crippen molar-refractivity contribution in [2.75, 3.05) is 19.0 Å². The topological polar surface area (TPSA) is 84.5 Å². The Balaban J connectivity index is 0.00000289. The predicted octanol–water partition coefficient (Wildman–Crippen LogP) is 3.91. The molecule has 180 valence electrons. The van der Waals surface area contributed by atoms with Crippen molar-refractivity contribution < 1.29 is 9.18 Å². The lowest BCUT2D eigenvalue weighted by molar-refractivity contribution is 0.0953. The van der Waals surface area contributed by atoms with Gasteiger partial charge in [0.1, 0.15) is 11.4 Å². The fourth-order valence-electron chi connectivity index (χ4n) is 3.86. The van der Waals surface area contributed by atoms with Gasteiger partial charge in [-0.15, -0.1) is 12.4 Å². The third-order valence-electron chi connectivity index (χ3n) is 5.86. The first-order valence-corrected chi connectivity index (χ1v) is 10.9. The lowest BCUT2D eigenvalue weighted by Gasteiger charge is -2.14. The number of hydrogen-bond acceptors (Lipinski definition) is 5. The Labute approximate surface area is 207 Å². The molecular weight excluding hydrogens is 471 g/mol. The van der Waals surface area contributed by atoms with Crippen molar-refractivity contribution in [1.29, 1.82) is 0 Å². The van der Waals surface area contributed by atoms with Gasteiger partial charge in [-0.3, -0.25) is 9.59 Å². The first-order valence-electron chi connectivity index (χ1n) is 10.9. The number of halogens is 2. The van der Waals surface area contributed by atoms with Crippen LogP contribution in [0.25, 0.3) is 16.6 Å². The number of aromatic nitrogens is 3. The summed E-state index contributed by atoms with van der Waals surface area (Å²) in [6.45, 7) is 0. The van der Waals surface area contributed by atoms with Crippen LogP contribution in [0.2, 0.25) is 0 Å². The Morgan fingerprint density at radius 3 is 2.60 bits per heavy atom. The summed E-state index contributed by atoms with van der Waals surface area (Å²) >= 11 is 0. The molecule has 10 heteroatoms. The highest BCUT2D eigenvalue weighted by Crippen LogP contribution is 2.37. The minimum Gasteiger partial charge on any atom is -0.378 e. The summed E-state index contributed by atoms with van der Waals surface area (Å²) < 4.78 is 18.3. The second-order valence-corrected chi connectivity index (χ2v) is 8.49. The van der Waals surface area contributed by atoms with Crippen molar-refractivity contribution in [3.63, 3.8) is 0 Å². The highest BCUT2D eigenvalue weighted by atomic mass is 35.5. The number of carbonyl (C=O) groups excluding carboxylic acids is 1. The Kier molecular flexibility index (Phi) is 6.70. The first-order chi connectivity index (χ1) is 16.4. The molecule has 1 aliphatic rings. The molecule has 0 saturated heterocycles. The number of carbonyl (C=O) groups is 1. The molecule has 0 radical (unpaired) electrons. The number of benzene rings is 2. The Morgan fingerprint density at radius 1 is 1.23 bits per heavy atom. The molecule has 1 N–H and O–H groups in total. The summed E-state index contributed by atoms with van der Waals surface area (Å²) in [5.74, 6) is -1.21. The highest BCUT2D eigenvalue weighted by Gasteiger charge is 2.27. The molecule has 1 saturated carbocycles. The number of pyridine rings is 1. The van der Waals surface area contributed by atoms with Crippen molar-refractivity contribution >= 4 is 41.1 Å². The van der Waals surface area contributed by atoms with E-state index < -0.39 is 17.2 Å². The third kappa shape index (κ3) is 4.81. The van der Waals surface area contributed by atoms with Gasteiger partial charge in [0.05, 0.1) is 23.7 Å². The second kappa shape index (κ2) is 9.71. The number of nitrogens with one attached hydrogen (secondary N) is 1. The zero-order valence-electron chi connectivity index (χ0n) is 19.2. The van der Waals surface area contributed by atoms with E-state index in [1.165, 1.54) is 18.6 Å². The van der Waals surface area contributed by atoms with E-state index in [1.807, 2.05) is 47.8 Å². The van der Waals surface area contributed by atoms with Crippen LogP contribution < -0.4 is 15.8 Å². The lowest BCUT2D eigenvalue weighted by Crippen LogP contribution is -2.27. The van der Waals surface area contributed by atoms with Gasteiger partial charge in [0, 0.05) is 49.8 Å². The average Bonchev–Trinajstić information content (AvgIpc) is 3.52. The van der Waals surface area contributed by atoms with Crippen LogP contribution in [0.4, 0.5) is 10.1 Å². The Bertz CT molecular complexity index is 1460. The van der Waals surface area contributed by atoms with Gasteiger partial charge in [-0.1, -0.05) is 12.1 Å². The number of hydrogen-bond donors (Lipinski definition) is 1. The van der Waals surface area contributed by atoms with E-state index in [0.717, 1.165) is 24.1 Å². The smallest absolute Gasteiger partial charge is 0.276 e. The molecule has 35 heavy (non-hydrogen) atoms. The largest absolute Gasteiger partial charge is 0.378 e. The van der Waals surface area contributed by atoms with Crippen LogP contribution in [0.3, 0.4) is 0 Å². The quantitative estimate of drug-likeness (QED) is 0.325. The standard InChI is InChI=1S/C25H23FN6O2.ClH/c1-30(2)17-5-3-16(4-6-17)13-28-29-25(34)20-14-32(18-7-8-18)22-12-23(31-10-9-27-15-31)21(26)11-19(22)24(20)33;/h3-6,9-15,18H,7-8H2,1-2H3,(H,29,34);1H/b28-13-;. The van der Waals surface area contributed by atoms with Crippen molar-refractivity contribution in [2.24, 2.45) is 5.10 Å². The molecule has 5 rings (SSSR count). The van der Waals surface area contributed by atoms with Gasteiger partial charge < -0.3 is 14.0 Å². The van der Waals surface area contributed by atoms with Gasteiger partial charge in [-0.25, -0.2) is 14.8 Å². The summed E-state index contributed by atoms with van der Waals surface area (Å²) in [4.78, 5) is 31.9. The summed E-state index contributed by atoms with van der Waals surface area (Å²) in [5, 5.41) is 4.16. The molecule has 1 fully saturated rings. The van der Waals surface area contributed by atoms with Crippen LogP contribution in [0, 0.1) is 5.82 Å². The summed E-state index contributed by atoms with van der Waals surface area (Å²) in [6.07, 6.45) is 9.61. The second-order valence-electron chi connectivity index (χ2n) is 8.49. The van der Waals surface area contributed by atoms with Gasteiger partial charge in [-0.2, -0.15) is 5.10 Å². The number of imidazole rings is 1. The third-order valence-corrected chi connectivity index (χ3v) is 5.86. The molecule has 2 aromatic carbocycles. The van der Waals surface area contributed by atoms with Crippen molar-refractivity contribution in [1.82, 2.24) is 19.5 Å². The summed E-state index contributed by atoms with van der Waals surface area (Å²) in [5.41, 5.74) is 4.53. The van der Waals surface area contributed by atoms with E-state index >= 15 is 0 Å². The fraction of sp³-hybridized carbons (Fsp3) is 0.200. The molecule has 4 aromatic rings. The fourth-order valence-corrected chi connectivity index (χ4v) is 3.86. The van der Waals surface area contributed by atoms with E-state index in [2.05, 4.69) is 15.5 Å². The van der Waals surface area contributed by atoms with Gasteiger partial charge in [0.25, 0.3) is 5.91 Å². The van der Waals surface area contributed by atoms with Crippen LogP contribution in [0.1, 0.15) is 34.8 Å². The molecule has 0 unspecified atom stereocenters. The minimum atomic E-state index is -0.637. The minimum absolute atomic E-state index is 0. The zero-order chi connectivity index (χ0) is 23.8. The van der Waals surface area contributed by atoms with Crippen LogP contribution in [0.5, 0.6) is 0 Å². The van der Waals surface area contributed by atoms with Crippen LogP contribution in [-0.2, 0) is 0 Å². The average molecular weight is 495 g/mol. The van der Waals surface area contributed by atoms with Crippen molar-refractivity contribution in [3.05, 3.63) is 88.5 Å². The molecule has 0 spiro atoms. The number of rotatable bonds is 6. The SMILES string of the molecule is CN(C)c1ccc(/C=N\NC(=O)c2cn(C3CC3)c3cc(-n4ccnc4)c(F)cc3c2=O)cc1.Cl. The van der Waals surface area contributed by atoms with E-state index in [4.69, 9.17) is 0 Å². The molecule has 1 amide bonds. The number of amides is 1. The van der Waals surface area contributed by atoms with E-state index in [9.17, 15) is 14.0 Å².